The Balaban J connectivity index is 2.11. The van der Waals surface area contributed by atoms with Crippen LogP contribution in [0.2, 0.25) is 0 Å². The van der Waals surface area contributed by atoms with E-state index in [4.69, 9.17) is 13.6 Å². The van der Waals surface area contributed by atoms with Crippen molar-refractivity contribution in [2.75, 3.05) is 0 Å². The molecule has 3 aromatic rings. The maximum absolute atomic E-state index is 12.2. The maximum Gasteiger partial charge on any atom is 0.379 e. The number of fused-ring (bicyclic) bond motifs is 1. The van der Waals surface area contributed by atoms with Crippen molar-refractivity contribution < 1.29 is 18.4 Å². The Morgan fingerprint density at radius 1 is 1.17 bits per heavy atom. The second-order valence-electron chi connectivity index (χ2n) is 5.16. The third-order valence-electron chi connectivity index (χ3n) is 3.55. The van der Waals surface area contributed by atoms with Crippen LogP contribution in [0, 0.1) is 0 Å². The third-order valence-corrected chi connectivity index (χ3v) is 3.55. The van der Waals surface area contributed by atoms with Gasteiger partial charge in [-0.25, -0.2) is 9.59 Å². The third kappa shape index (κ3) is 3.04. The first-order chi connectivity index (χ1) is 11.2. The summed E-state index contributed by atoms with van der Waals surface area (Å²) in [5, 5.41) is 0.595. The predicted octanol–water partition coefficient (Wildman–Crippen LogP) is 3.95. The quantitative estimate of drug-likeness (QED) is 0.527. The van der Waals surface area contributed by atoms with Gasteiger partial charge in [-0.3, -0.25) is 0 Å². The summed E-state index contributed by atoms with van der Waals surface area (Å²) in [6, 6.07) is 10.1. The fraction of sp³-hybridized carbons (Fsp3) is 0.222. The zero-order valence-corrected chi connectivity index (χ0v) is 12.7. The molecule has 0 aliphatic heterocycles. The Labute approximate surface area is 132 Å². The monoisotopic (exact) mass is 312 g/mol. The van der Waals surface area contributed by atoms with E-state index < -0.39 is 11.6 Å². The van der Waals surface area contributed by atoms with Crippen LogP contribution in [0.1, 0.15) is 35.9 Å². The van der Waals surface area contributed by atoms with E-state index in [1.54, 1.807) is 30.3 Å². The van der Waals surface area contributed by atoms with Gasteiger partial charge < -0.3 is 13.6 Å². The fourth-order valence-electron chi connectivity index (χ4n) is 2.38. The van der Waals surface area contributed by atoms with Crippen LogP contribution in [0.3, 0.4) is 0 Å². The predicted molar refractivity (Wildman–Crippen MR) is 84.8 cm³/mol. The van der Waals surface area contributed by atoms with Crippen LogP contribution in [-0.2, 0) is 6.42 Å². The SMILES string of the molecule is CCCCc1c(OC(=O)c2ccco2)c2ccccc2oc1=O. The van der Waals surface area contributed by atoms with Gasteiger partial charge in [-0.05, 0) is 37.1 Å². The van der Waals surface area contributed by atoms with E-state index in [9.17, 15) is 9.59 Å². The molecular weight excluding hydrogens is 296 g/mol. The van der Waals surface area contributed by atoms with E-state index in [2.05, 4.69) is 0 Å². The van der Waals surface area contributed by atoms with Crippen LogP contribution in [0.4, 0.5) is 0 Å². The lowest BCUT2D eigenvalue weighted by Crippen LogP contribution is -2.15. The summed E-state index contributed by atoms with van der Waals surface area (Å²) in [5.74, 6) is -0.293. The molecule has 0 amide bonds. The summed E-state index contributed by atoms with van der Waals surface area (Å²) < 4.78 is 15.9. The molecule has 2 aromatic heterocycles. The van der Waals surface area contributed by atoms with Crippen molar-refractivity contribution in [1.29, 1.82) is 0 Å². The van der Waals surface area contributed by atoms with E-state index in [-0.39, 0.29) is 11.5 Å². The highest BCUT2D eigenvalue weighted by Gasteiger charge is 2.20. The molecule has 0 aliphatic carbocycles. The summed E-state index contributed by atoms with van der Waals surface area (Å²) in [6.07, 6.45) is 3.60. The lowest BCUT2D eigenvalue weighted by Gasteiger charge is -2.10. The smallest absolute Gasteiger partial charge is 0.379 e. The summed E-state index contributed by atoms with van der Waals surface area (Å²) in [6.45, 7) is 2.02. The average molecular weight is 312 g/mol. The second-order valence-corrected chi connectivity index (χ2v) is 5.16. The summed E-state index contributed by atoms with van der Waals surface area (Å²) in [5.41, 5.74) is 0.296. The molecule has 0 bridgehead atoms. The molecule has 23 heavy (non-hydrogen) atoms. The Hall–Kier alpha value is -2.82. The van der Waals surface area contributed by atoms with Gasteiger partial charge in [-0.1, -0.05) is 25.5 Å². The van der Waals surface area contributed by atoms with Gasteiger partial charge in [0.1, 0.15) is 5.58 Å². The largest absolute Gasteiger partial charge is 0.457 e. The minimum atomic E-state index is -0.636. The van der Waals surface area contributed by atoms with Gasteiger partial charge in [-0.2, -0.15) is 0 Å². The molecule has 0 atom stereocenters. The molecule has 118 valence electrons. The van der Waals surface area contributed by atoms with Crippen LogP contribution < -0.4 is 10.4 Å². The normalized spacial score (nSPS) is 10.8. The minimum Gasteiger partial charge on any atom is -0.457 e. The van der Waals surface area contributed by atoms with Crippen molar-refractivity contribution in [3.8, 4) is 5.75 Å². The highest BCUT2D eigenvalue weighted by molar-refractivity contribution is 5.92. The minimum absolute atomic E-state index is 0.0868. The zero-order chi connectivity index (χ0) is 16.2. The number of furan rings is 1. The van der Waals surface area contributed by atoms with E-state index in [0.717, 1.165) is 12.8 Å². The number of benzene rings is 1. The maximum atomic E-state index is 12.2. The van der Waals surface area contributed by atoms with Crippen LogP contribution in [0.15, 0.2) is 56.3 Å². The molecule has 5 heteroatoms. The van der Waals surface area contributed by atoms with Crippen molar-refractivity contribution in [2.24, 2.45) is 0 Å². The summed E-state index contributed by atoms with van der Waals surface area (Å²) in [7, 11) is 0. The Morgan fingerprint density at radius 2 is 2.00 bits per heavy atom. The summed E-state index contributed by atoms with van der Waals surface area (Å²) in [4.78, 5) is 24.5. The molecule has 3 rings (SSSR count). The second kappa shape index (κ2) is 6.52. The molecule has 0 N–H and O–H groups in total. The number of carbonyl (C=O) groups is 1. The lowest BCUT2D eigenvalue weighted by atomic mass is 10.1. The number of hydrogen-bond acceptors (Lipinski definition) is 5. The van der Waals surface area contributed by atoms with E-state index in [0.29, 0.717) is 23.0 Å². The number of esters is 1. The molecule has 0 spiro atoms. The van der Waals surface area contributed by atoms with Gasteiger partial charge in [0.25, 0.3) is 0 Å². The first-order valence-electron chi connectivity index (χ1n) is 7.51. The number of ether oxygens (including phenoxy) is 1. The molecule has 0 aliphatic rings. The molecule has 0 unspecified atom stereocenters. The first-order valence-corrected chi connectivity index (χ1v) is 7.51. The van der Waals surface area contributed by atoms with E-state index in [1.807, 2.05) is 6.92 Å². The van der Waals surface area contributed by atoms with Gasteiger partial charge in [0.2, 0.25) is 5.76 Å². The first kappa shape index (κ1) is 15.1. The molecule has 2 heterocycles. The van der Waals surface area contributed by atoms with Gasteiger partial charge in [-0.15, -0.1) is 0 Å². The van der Waals surface area contributed by atoms with Crippen molar-refractivity contribution in [3.05, 3.63) is 64.4 Å². The Morgan fingerprint density at radius 3 is 2.74 bits per heavy atom. The van der Waals surface area contributed by atoms with E-state index >= 15 is 0 Å². The number of unbranched alkanes of at least 4 members (excludes halogenated alkanes) is 1. The molecule has 0 fully saturated rings. The van der Waals surface area contributed by atoms with Crippen LogP contribution in [0.5, 0.6) is 5.75 Å². The molecule has 0 saturated heterocycles. The Bertz CT molecular complexity index is 874. The van der Waals surface area contributed by atoms with Gasteiger partial charge in [0.05, 0.1) is 17.2 Å². The lowest BCUT2D eigenvalue weighted by molar-refractivity contribution is 0.0701. The number of rotatable bonds is 5. The molecule has 0 saturated carbocycles. The highest BCUT2D eigenvalue weighted by Crippen LogP contribution is 2.29. The van der Waals surface area contributed by atoms with Crippen molar-refractivity contribution in [3.63, 3.8) is 0 Å². The molecule has 0 radical (unpaired) electrons. The Kier molecular flexibility index (Phi) is 4.28. The van der Waals surface area contributed by atoms with Crippen LogP contribution in [-0.4, -0.2) is 5.97 Å². The fourth-order valence-corrected chi connectivity index (χ4v) is 2.38. The highest BCUT2D eigenvalue weighted by atomic mass is 16.5. The van der Waals surface area contributed by atoms with Crippen molar-refractivity contribution in [2.45, 2.75) is 26.2 Å². The standard InChI is InChI=1S/C18H16O5/c1-2-3-7-13-16(23-18(20)15-10-6-11-21-15)12-8-4-5-9-14(12)22-17(13)19/h4-6,8-11H,2-3,7H2,1H3. The topological polar surface area (TPSA) is 69.7 Å². The van der Waals surface area contributed by atoms with E-state index in [1.165, 1.54) is 12.3 Å². The zero-order valence-electron chi connectivity index (χ0n) is 12.7. The molecule has 5 nitrogen and oxygen atoms in total. The van der Waals surface area contributed by atoms with Gasteiger partial charge in [0.15, 0.2) is 5.75 Å². The molecular formula is C18H16O5. The average Bonchev–Trinajstić information content (AvgIpc) is 3.09. The van der Waals surface area contributed by atoms with Crippen LogP contribution in [0.25, 0.3) is 11.0 Å². The van der Waals surface area contributed by atoms with Crippen molar-refractivity contribution >= 4 is 16.9 Å². The van der Waals surface area contributed by atoms with Gasteiger partial charge in [0, 0.05) is 0 Å². The summed E-state index contributed by atoms with van der Waals surface area (Å²) >= 11 is 0. The van der Waals surface area contributed by atoms with Crippen LogP contribution >= 0.6 is 0 Å². The molecule has 1 aromatic carbocycles. The number of carbonyl (C=O) groups excluding carboxylic acids is 1. The number of para-hydroxylation sites is 1. The van der Waals surface area contributed by atoms with Gasteiger partial charge >= 0.3 is 11.6 Å². The van der Waals surface area contributed by atoms with Crippen molar-refractivity contribution in [1.82, 2.24) is 0 Å². The number of hydrogen-bond donors (Lipinski definition) is 0.